The smallest absolute Gasteiger partial charge is 0.382 e. The Balaban J connectivity index is 2.21. The lowest BCUT2D eigenvalue weighted by molar-refractivity contribution is -0.140. The van der Waals surface area contributed by atoms with E-state index in [-0.39, 0.29) is 30.2 Å². The number of ether oxygens (including phenoxy) is 2. The van der Waals surface area contributed by atoms with Crippen molar-refractivity contribution in [3.8, 4) is 11.1 Å². The Hall–Kier alpha value is -2.39. The van der Waals surface area contributed by atoms with Crippen molar-refractivity contribution in [2.24, 2.45) is 0 Å². The monoisotopic (exact) mass is 343 g/mol. The summed E-state index contributed by atoms with van der Waals surface area (Å²) in [5.74, 6) is -0.808. The van der Waals surface area contributed by atoms with Crippen molar-refractivity contribution in [2.75, 3.05) is 32.2 Å². The molecule has 9 heteroatoms. The van der Waals surface area contributed by atoms with E-state index in [4.69, 9.17) is 9.47 Å². The second kappa shape index (κ2) is 7.93. The van der Waals surface area contributed by atoms with Gasteiger partial charge in [0, 0.05) is 7.11 Å². The number of amides is 1. The van der Waals surface area contributed by atoms with Crippen molar-refractivity contribution in [2.45, 2.75) is 6.18 Å². The topological polar surface area (TPSA) is 76.2 Å². The Bertz CT molecular complexity index is 672. The first-order valence-corrected chi connectivity index (χ1v) is 7.01. The van der Waals surface area contributed by atoms with Gasteiger partial charge in [-0.3, -0.25) is 9.89 Å². The maximum absolute atomic E-state index is 13.1. The predicted molar refractivity (Wildman–Crippen MR) is 80.4 cm³/mol. The Labute approximate surface area is 136 Å². The molecule has 1 aromatic heterocycles. The molecule has 2 rings (SSSR count). The van der Waals surface area contributed by atoms with E-state index in [0.717, 1.165) is 0 Å². The minimum atomic E-state index is -4.63. The van der Waals surface area contributed by atoms with Gasteiger partial charge in [-0.05, 0) is 5.56 Å². The molecule has 1 amide bonds. The molecule has 1 heterocycles. The first-order valence-electron chi connectivity index (χ1n) is 7.01. The zero-order valence-electron chi connectivity index (χ0n) is 12.8. The van der Waals surface area contributed by atoms with Crippen molar-refractivity contribution in [1.29, 1.82) is 0 Å². The number of hydrogen-bond acceptors (Lipinski definition) is 4. The summed E-state index contributed by atoms with van der Waals surface area (Å²) in [5.41, 5.74) is -0.952. The summed E-state index contributed by atoms with van der Waals surface area (Å²) in [6.45, 7) is 0.193. The quantitative estimate of drug-likeness (QED) is 0.758. The second-order valence-electron chi connectivity index (χ2n) is 4.78. The van der Waals surface area contributed by atoms with E-state index in [1.54, 1.807) is 18.2 Å². The number of aromatic nitrogens is 2. The summed E-state index contributed by atoms with van der Waals surface area (Å²) in [6.07, 6.45) is -4.63. The highest BCUT2D eigenvalue weighted by Gasteiger charge is 2.38. The zero-order chi connectivity index (χ0) is 17.6. The lowest BCUT2D eigenvalue weighted by Gasteiger charge is -2.10. The van der Waals surface area contributed by atoms with Gasteiger partial charge in [-0.1, -0.05) is 30.3 Å². The molecule has 2 N–H and O–H groups in total. The molecule has 0 radical (unpaired) electrons. The Morgan fingerprint density at radius 3 is 2.58 bits per heavy atom. The number of nitrogens with zero attached hydrogens (tertiary/aromatic N) is 1. The minimum Gasteiger partial charge on any atom is -0.382 e. The predicted octanol–water partition coefficient (Wildman–Crippen LogP) is 2.70. The van der Waals surface area contributed by atoms with Crippen LogP contribution in [0.4, 0.5) is 19.0 Å². The second-order valence-corrected chi connectivity index (χ2v) is 4.78. The van der Waals surface area contributed by atoms with Gasteiger partial charge in [0.05, 0.1) is 18.8 Å². The van der Waals surface area contributed by atoms with Gasteiger partial charge in [0.2, 0.25) is 0 Å². The molecule has 0 aliphatic carbocycles. The van der Waals surface area contributed by atoms with Gasteiger partial charge >= 0.3 is 6.18 Å². The molecule has 0 aliphatic rings. The third kappa shape index (κ3) is 4.56. The van der Waals surface area contributed by atoms with Gasteiger partial charge in [-0.15, -0.1) is 0 Å². The van der Waals surface area contributed by atoms with Crippen LogP contribution in [0.2, 0.25) is 0 Å². The van der Waals surface area contributed by atoms with E-state index in [1.165, 1.54) is 19.2 Å². The maximum atomic E-state index is 13.1. The highest BCUT2D eigenvalue weighted by molar-refractivity contribution is 5.95. The number of rotatable bonds is 7. The summed E-state index contributed by atoms with van der Waals surface area (Å²) < 4.78 is 49.2. The van der Waals surface area contributed by atoms with E-state index >= 15 is 0 Å². The largest absolute Gasteiger partial charge is 0.433 e. The molecule has 0 bridgehead atoms. The van der Waals surface area contributed by atoms with Gasteiger partial charge in [-0.25, -0.2) is 0 Å². The first-order chi connectivity index (χ1) is 11.4. The SMILES string of the molecule is COCCOCC(=O)Nc1n[nH]c(C(F)(F)F)c1-c1ccccc1. The van der Waals surface area contributed by atoms with Crippen molar-refractivity contribution in [1.82, 2.24) is 10.2 Å². The van der Waals surface area contributed by atoms with Gasteiger partial charge in [-0.2, -0.15) is 18.3 Å². The van der Waals surface area contributed by atoms with E-state index < -0.39 is 17.8 Å². The van der Waals surface area contributed by atoms with Crippen LogP contribution >= 0.6 is 0 Å². The van der Waals surface area contributed by atoms with Crippen LogP contribution in [0.5, 0.6) is 0 Å². The third-order valence-corrected chi connectivity index (χ3v) is 3.04. The lowest BCUT2D eigenvalue weighted by Crippen LogP contribution is -2.20. The Kier molecular flexibility index (Phi) is 5.93. The first kappa shape index (κ1) is 18.0. The minimum absolute atomic E-state index is 0.198. The van der Waals surface area contributed by atoms with Crippen molar-refractivity contribution < 1.29 is 27.4 Å². The maximum Gasteiger partial charge on any atom is 0.433 e. The molecule has 0 saturated carbocycles. The fourth-order valence-electron chi connectivity index (χ4n) is 2.00. The standard InChI is InChI=1S/C15H16F3N3O3/c1-23-7-8-24-9-11(22)19-14-12(10-5-3-2-4-6-10)13(20-21-14)15(16,17)18/h2-6H,7-9H2,1H3,(H2,19,20,21,22). The molecule has 0 unspecified atom stereocenters. The highest BCUT2D eigenvalue weighted by atomic mass is 19.4. The number of carbonyl (C=O) groups excluding carboxylic acids is 1. The highest BCUT2D eigenvalue weighted by Crippen LogP contribution is 2.39. The van der Waals surface area contributed by atoms with Crippen LogP contribution in [0.1, 0.15) is 5.69 Å². The molecule has 0 fully saturated rings. The molecule has 6 nitrogen and oxygen atoms in total. The number of hydrogen-bond donors (Lipinski definition) is 2. The number of aromatic amines is 1. The number of anilines is 1. The van der Waals surface area contributed by atoms with Gasteiger partial charge in [0.25, 0.3) is 5.91 Å². The summed E-state index contributed by atoms with van der Waals surface area (Å²) >= 11 is 0. The summed E-state index contributed by atoms with van der Waals surface area (Å²) in [6, 6.07) is 7.89. The molecule has 0 saturated heterocycles. The van der Waals surface area contributed by atoms with E-state index in [9.17, 15) is 18.0 Å². The van der Waals surface area contributed by atoms with Crippen LogP contribution in [0.25, 0.3) is 11.1 Å². The van der Waals surface area contributed by atoms with Crippen molar-refractivity contribution in [3.63, 3.8) is 0 Å². The lowest BCUT2D eigenvalue weighted by atomic mass is 10.1. The van der Waals surface area contributed by atoms with Crippen LogP contribution in [0.15, 0.2) is 30.3 Å². The van der Waals surface area contributed by atoms with Crippen LogP contribution in [0, 0.1) is 0 Å². The average molecular weight is 343 g/mol. The van der Waals surface area contributed by atoms with E-state index in [1.807, 2.05) is 5.10 Å². The summed E-state index contributed by atoms with van der Waals surface area (Å²) in [5, 5.41) is 7.86. The summed E-state index contributed by atoms with van der Waals surface area (Å²) in [7, 11) is 1.48. The molecular formula is C15H16F3N3O3. The number of nitrogens with one attached hydrogen (secondary N) is 2. The Morgan fingerprint density at radius 2 is 1.96 bits per heavy atom. The third-order valence-electron chi connectivity index (χ3n) is 3.04. The number of benzene rings is 1. The average Bonchev–Trinajstić information content (AvgIpc) is 2.96. The zero-order valence-corrected chi connectivity index (χ0v) is 12.8. The molecular weight excluding hydrogens is 327 g/mol. The molecule has 0 spiro atoms. The summed E-state index contributed by atoms with van der Waals surface area (Å²) in [4.78, 5) is 11.8. The molecule has 1 aromatic carbocycles. The molecule has 2 aromatic rings. The number of carbonyl (C=O) groups is 1. The molecule has 0 atom stereocenters. The normalized spacial score (nSPS) is 11.5. The van der Waals surface area contributed by atoms with Crippen molar-refractivity contribution in [3.05, 3.63) is 36.0 Å². The van der Waals surface area contributed by atoms with Crippen LogP contribution in [-0.2, 0) is 20.4 Å². The van der Waals surface area contributed by atoms with E-state index in [0.29, 0.717) is 6.61 Å². The number of methoxy groups -OCH3 is 1. The van der Waals surface area contributed by atoms with Crippen LogP contribution in [0.3, 0.4) is 0 Å². The van der Waals surface area contributed by atoms with Gasteiger partial charge in [0.1, 0.15) is 12.3 Å². The van der Waals surface area contributed by atoms with Crippen LogP contribution < -0.4 is 5.32 Å². The van der Waals surface area contributed by atoms with Gasteiger partial charge < -0.3 is 14.8 Å². The molecule has 24 heavy (non-hydrogen) atoms. The molecule has 0 aliphatic heterocycles. The number of halogens is 3. The fourth-order valence-corrected chi connectivity index (χ4v) is 2.00. The van der Waals surface area contributed by atoms with Crippen LogP contribution in [-0.4, -0.2) is 43.0 Å². The van der Waals surface area contributed by atoms with Crippen molar-refractivity contribution >= 4 is 11.7 Å². The fraction of sp³-hybridized carbons (Fsp3) is 0.333. The Morgan fingerprint density at radius 1 is 1.25 bits per heavy atom. The van der Waals surface area contributed by atoms with E-state index in [2.05, 4.69) is 10.4 Å². The number of H-pyrrole nitrogens is 1. The number of alkyl halides is 3. The molecule has 130 valence electrons. The van der Waals surface area contributed by atoms with Gasteiger partial charge in [0.15, 0.2) is 5.82 Å².